The van der Waals surface area contributed by atoms with Gasteiger partial charge in [0.15, 0.2) is 0 Å². The van der Waals surface area contributed by atoms with E-state index in [0.717, 1.165) is 37.8 Å². The van der Waals surface area contributed by atoms with E-state index >= 15 is 0 Å². The molecule has 29 heavy (non-hydrogen) atoms. The summed E-state index contributed by atoms with van der Waals surface area (Å²) in [5, 5.41) is 4.70. The third-order valence-electron chi connectivity index (χ3n) is 5.30. The Balaban J connectivity index is 1.34. The van der Waals surface area contributed by atoms with E-state index in [1.54, 1.807) is 12.1 Å². The molecule has 0 amide bonds. The number of hydrogen-bond acceptors (Lipinski definition) is 5. The number of hydrogen-bond donors (Lipinski definition) is 0. The number of rotatable bonds is 5. The molecular weight excluding hydrogens is 398 g/mol. The number of piperazine rings is 1. The lowest BCUT2D eigenvalue weighted by molar-refractivity contribution is 0.0893. The van der Waals surface area contributed by atoms with Crippen LogP contribution in [-0.4, -0.2) is 46.1 Å². The van der Waals surface area contributed by atoms with Crippen molar-refractivity contribution < 1.29 is 13.3 Å². The molecule has 3 aromatic rings. The molecule has 0 N–H and O–H groups in total. The highest BCUT2D eigenvalue weighted by Crippen LogP contribution is 2.25. The highest BCUT2D eigenvalue weighted by molar-refractivity contribution is 6.30. The van der Waals surface area contributed by atoms with Gasteiger partial charge in [-0.3, -0.25) is 9.80 Å². The van der Waals surface area contributed by atoms with Crippen LogP contribution in [-0.2, 0) is 6.54 Å². The fourth-order valence-electron chi connectivity index (χ4n) is 3.57. The third kappa shape index (κ3) is 4.63. The summed E-state index contributed by atoms with van der Waals surface area (Å²) in [5.41, 5.74) is 1.37. The fraction of sp³-hybridized carbons (Fsp3) is 0.333. The Labute approximate surface area is 172 Å². The van der Waals surface area contributed by atoms with Gasteiger partial charge in [0.05, 0.1) is 6.54 Å². The van der Waals surface area contributed by atoms with Crippen molar-refractivity contribution >= 4 is 11.6 Å². The van der Waals surface area contributed by atoms with Gasteiger partial charge in [0.1, 0.15) is 11.6 Å². The molecule has 0 aliphatic carbocycles. The Morgan fingerprint density at radius 2 is 1.79 bits per heavy atom. The van der Waals surface area contributed by atoms with Crippen LogP contribution in [0.4, 0.5) is 8.78 Å². The average Bonchev–Trinajstić information content (AvgIpc) is 3.17. The van der Waals surface area contributed by atoms with Gasteiger partial charge in [-0.15, -0.1) is 0 Å². The van der Waals surface area contributed by atoms with Gasteiger partial charge in [-0.1, -0.05) is 22.8 Å². The Kier molecular flexibility index (Phi) is 5.89. The summed E-state index contributed by atoms with van der Waals surface area (Å²) < 4.78 is 32.6. The Morgan fingerprint density at radius 1 is 1.07 bits per heavy atom. The topological polar surface area (TPSA) is 45.4 Å². The lowest BCUT2D eigenvalue weighted by Crippen LogP contribution is -2.46. The van der Waals surface area contributed by atoms with Gasteiger partial charge in [-0.05, 0) is 37.3 Å². The van der Waals surface area contributed by atoms with E-state index in [9.17, 15) is 8.78 Å². The van der Waals surface area contributed by atoms with Crippen LogP contribution in [0.1, 0.15) is 24.4 Å². The zero-order valence-electron chi connectivity index (χ0n) is 16.0. The Hall–Kier alpha value is -2.35. The molecule has 0 spiro atoms. The second-order valence-electron chi connectivity index (χ2n) is 7.17. The van der Waals surface area contributed by atoms with E-state index in [-0.39, 0.29) is 6.04 Å². The van der Waals surface area contributed by atoms with Crippen LogP contribution in [0.3, 0.4) is 0 Å². The van der Waals surface area contributed by atoms with E-state index in [4.69, 9.17) is 16.1 Å². The van der Waals surface area contributed by atoms with Crippen LogP contribution < -0.4 is 0 Å². The first kappa shape index (κ1) is 19.9. The summed E-state index contributed by atoms with van der Waals surface area (Å²) >= 11 is 5.91. The molecular formula is C21H21ClF2N4O. The van der Waals surface area contributed by atoms with E-state index in [1.165, 1.54) is 12.1 Å². The van der Waals surface area contributed by atoms with Crippen molar-refractivity contribution in [1.82, 2.24) is 19.9 Å². The van der Waals surface area contributed by atoms with Crippen LogP contribution in [0, 0.1) is 11.6 Å². The van der Waals surface area contributed by atoms with Crippen LogP contribution in [0.15, 0.2) is 47.0 Å². The largest absolute Gasteiger partial charge is 0.338 e. The van der Waals surface area contributed by atoms with Crippen molar-refractivity contribution in [3.8, 4) is 11.4 Å². The first-order valence-corrected chi connectivity index (χ1v) is 9.87. The molecule has 1 aliphatic rings. The minimum atomic E-state index is -0.555. The van der Waals surface area contributed by atoms with Gasteiger partial charge in [0, 0.05) is 54.4 Å². The molecule has 0 radical (unpaired) electrons. The van der Waals surface area contributed by atoms with E-state index < -0.39 is 11.6 Å². The normalized spacial score (nSPS) is 16.8. The molecule has 0 bridgehead atoms. The van der Waals surface area contributed by atoms with Crippen molar-refractivity contribution in [3.05, 3.63) is 70.6 Å². The van der Waals surface area contributed by atoms with Gasteiger partial charge in [-0.2, -0.15) is 4.98 Å². The molecule has 152 valence electrons. The Bertz CT molecular complexity index is 971. The highest BCUT2D eigenvalue weighted by Gasteiger charge is 2.25. The van der Waals surface area contributed by atoms with E-state index in [0.29, 0.717) is 28.8 Å². The predicted molar refractivity (Wildman–Crippen MR) is 106 cm³/mol. The summed E-state index contributed by atoms with van der Waals surface area (Å²) in [5.74, 6) is 0.0399. The van der Waals surface area contributed by atoms with Crippen LogP contribution in [0.2, 0.25) is 5.02 Å². The lowest BCUT2D eigenvalue weighted by atomic mass is 10.1. The molecule has 5 nitrogen and oxygen atoms in total. The molecule has 1 saturated heterocycles. The molecule has 1 fully saturated rings. The molecule has 8 heteroatoms. The number of aromatic nitrogens is 2. The van der Waals surface area contributed by atoms with Crippen LogP contribution in [0.25, 0.3) is 11.4 Å². The van der Waals surface area contributed by atoms with E-state index in [2.05, 4.69) is 19.9 Å². The second kappa shape index (κ2) is 8.57. The third-order valence-corrected chi connectivity index (χ3v) is 5.55. The van der Waals surface area contributed by atoms with Gasteiger partial charge in [0.2, 0.25) is 11.7 Å². The smallest absolute Gasteiger partial charge is 0.241 e. The van der Waals surface area contributed by atoms with Crippen LogP contribution >= 0.6 is 11.6 Å². The fourth-order valence-corrected chi connectivity index (χ4v) is 3.70. The maximum absolute atomic E-state index is 14.1. The van der Waals surface area contributed by atoms with Crippen LogP contribution in [0.5, 0.6) is 0 Å². The lowest BCUT2D eigenvalue weighted by Gasteiger charge is -2.37. The molecule has 1 atom stereocenters. The van der Waals surface area contributed by atoms with Crippen molar-refractivity contribution in [2.24, 2.45) is 0 Å². The van der Waals surface area contributed by atoms with E-state index in [1.807, 2.05) is 19.1 Å². The number of benzene rings is 2. The maximum Gasteiger partial charge on any atom is 0.241 e. The monoisotopic (exact) mass is 418 g/mol. The molecule has 2 aromatic carbocycles. The molecule has 0 saturated carbocycles. The SMILES string of the molecule is CC(c1ccc(F)cc1F)N1CCN(Cc2nc(-c3ccc(Cl)cc3)no2)CC1. The maximum atomic E-state index is 14.1. The van der Waals surface area contributed by atoms with Crippen molar-refractivity contribution in [1.29, 1.82) is 0 Å². The Morgan fingerprint density at radius 3 is 2.48 bits per heavy atom. The zero-order chi connectivity index (χ0) is 20.4. The minimum absolute atomic E-state index is 0.113. The summed E-state index contributed by atoms with van der Waals surface area (Å²) in [7, 11) is 0. The zero-order valence-corrected chi connectivity index (χ0v) is 16.7. The van der Waals surface area contributed by atoms with Gasteiger partial charge < -0.3 is 4.52 Å². The highest BCUT2D eigenvalue weighted by atomic mass is 35.5. The van der Waals surface area contributed by atoms with Gasteiger partial charge >= 0.3 is 0 Å². The summed E-state index contributed by atoms with van der Waals surface area (Å²) in [6.45, 7) is 5.65. The molecule has 4 rings (SSSR count). The quantitative estimate of drug-likeness (QED) is 0.608. The summed E-state index contributed by atoms with van der Waals surface area (Å²) in [4.78, 5) is 8.88. The summed E-state index contributed by atoms with van der Waals surface area (Å²) in [6, 6.07) is 10.9. The summed E-state index contributed by atoms with van der Waals surface area (Å²) in [6.07, 6.45) is 0. The first-order chi connectivity index (χ1) is 14.0. The molecule has 1 unspecified atom stereocenters. The van der Waals surface area contributed by atoms with Gasteiger partial charge in [0.25, 0.3) is 0 Å². The van der Waals surface area contributed by atoms with Crippen molar-refractivity contribution in [2.45, 2.75) is 19.5 Å². The molecule has 2 heterocycles. The average molecular weight is 419 g/mol. The standard InChI is InChI=1S/C21H21ClF2N4O/c1-14(18-7-6-17(23)12-19(18)24)28-10-8-27(9-11-28)13-20-25-21(26-29-20)15-2-4-16(22)5-3-15/h2-7,12,14H,8-11,13H2,1H3. The number of halogens is 3. The molecule has 1 aromatic heterocycles. The molecule has 1 aliphatic heterocycles. The minimum Gasteiger partial charge on any atom is -0.338 e. The predicted octanol–water partition coefficient (Wildman–Crippen LogP) is 4.55. The van der Waals surface area contributed by atoms with Crippen molar-refractivity contribution in [2.75, 3.05) is 26.2 Å². The first-order valence-electron chi connectivity index (χ1n) is 9.49. The van der Waals surface area contributed by atoms with Gasteiger partial charge in [-0.25, -0.2) is 8.78 Å². The second-order valence-corrected chi connectivity index (χ2v) is 7.61. The van der Waals surface area contributed by atoms with Crippen molar-refractivity contribution in [3.63, 3.8) is 0 Å². The number of nitrogens with zero attached hydrogens (tertiary/aromatic N) is 4.